The van der Waals surface area contributed by atoms with Gasteiger partial charge in [0, 0.05) is 11.1 Å². The number of carbonyl (C=O) groups excluding carboxylic acids is 1. The lowest BCUT2D eigenvalue weighted by Crippen LogP contribution is -2.21. The van der Waals surface area contributed by atoms with E-state index < -0.39 is 0 Å². The zero-order chi connectivity index (χ0) is 16.4. The molecule has 120 valence electrons. The second-order valence-corrected chi connectivity index (χ2v) is 6.15. The molecule has 2 aromatic carbocycles. The number of rotatable bonds is 3. The Kier molecular flexibility index (Phi) is 3.88. The number of carbonyl (C=O) groups is 1. The molecule has 0 aliphatic carbocycles. The van der Waals surface area contributed by atoms with Crippen LogP contribution in [-0.4, -0.2) is 17.5 Å². The van der Waals surface area contributed by atoms with Crippen LogP contribution in [-0.2, 0) is 0 Å². The number of fused-ring (bicyclic) bond motifs is 1. The zero-order valence-corrected chi connectivity index (χ0v) is 13.5. The third kappa shape index (κ3) is 2.96. The summed E-state index contributed by atoms with van der Waals surface area (Å²) >= 11 is 1.39. The highest BCUT2D eigenvalue weighted by molar-refractivity contribution is 7.09. The third-order valence-corrected chi connectivity index (χ3v) is 4.51. The van der Waals surface area contributed by atoms with Gasteiger partial charge in [-0.25, -0.2) is 4.98 Å². The molecular weight excluding hydrogens is 324 g/mol. The fourth-order valence-corrected chi connectivity index (χ4v) is 3.21. The first kappa shape index (κ1) is 14.7. The Labute approximate surface area is 142 Å². The molecule has 1 aromatic heterocycles. The van der Waals surface area contributed by atoms with Gasteiger partial charge in [0.25, 0.3) is 5.91 Å². The van der Waals surface area contributed by atoms with Crippen molar-refractivity contribution in [3.63, 3.8) is 0 Å². The fourth-order valence-electron chi connectivity index (χ4n) is 2.40. The van der Waals surface area contributed by atoms with E-state index in [-0.39, 0.29) is 12.0 Å². The maximum Gasteiger partial charge on any atom is 0.275 e. The van der Waals surface area contributed by atoms with E-state index in [0.29, 0.717) is 18.1 Å². The minimum absolute atomic E-state index is 0.235. The average molecular weight is 338 g/mol. The van der Waals surface area contributed by atoms with Crippen molar-refractivity contribution in [1.82, 2.24) is 4.98 Å². The molecule has 1 unspecified atom stereocenters. The average Bonchev–Trinajstić information content (AvgIpc) is 3.12. The first-order valence-electron chi connectivity index (χ1n) is 7.50. The number of nitrogens with one attached hydrogen (secondary N) is 1. The highest BCUT2D eigenvalue weighted by Crippen LogP contribution is 2.36. The second-order valence-electron chi connectivity index (χ2n) is 5.26. The maximum absolute atomic E-state index is 12.3. The van der Waals surface area contributed by atoms with Gasteiger partial charge in [0.1, 0.15) is 17.3 Å². The molecule has 3 aromatic rings. The summed E-state index contributed by atoms with van der Waals surface area (Å²) in [5.41, 5.74) is 1.12. The lowest BCUT2D eigenvalue weighted by atomic mass is 10.2. The van der Waals surface area contributed by atoms with E-state index in [1.54, 1.807) is 5.38 Å². The van der Waals surface area contributed by atoms with Gasteiger partial charge in [-0.3, -0.25) is 4.79 Å². The monoisotopic (exact) mass is 338 g/mol. The van der Waals surface area contributed by atoms with E-state index in [0.717, 1.165) is 16.4 Å². The fraction of sp³-hybridized carbons (Fsp3) is 0.111. The van der Waals surface area contributed by atoms with Gasteiger partial charge in [0.2, 0.25) is 0 Å². The summed E-state index contributed by atoms with van der Waals surface area (Å²) in [5, 5.41) is 5.28. The lowest BCUT2D eigenvalue weighted by molar-refractivity contribution is 0.0906. The molecule has 6 heteroatoms. The lowest BCUT2D eigenvalue weighted by Gasteiger charge is -2.24. The topological polar surface area (TPSA) is 60.5 Å². The first-order valence-corrected chi connectivity index (χ1v) is 8.38. The normalized spacial score (nSPS) is 15.8. The molecule has 0 spiro atoms. The highest BCUT2D eigenvalue weighted by Gasteiger charge is 2.25. The van der Waals surface area contributed by atoms with Crippen LogP contribution in [0.5, 0.6) is 11.5 Å². The summed E-state index contributed by atoms with van der Waals surface area (Å²) in [5.74, 6) is 1.19. The summed E-state index contributed by atoms with van der Waals surface area (Å²) in [6.07, 6.45) is -0.303. The van der Waals surface area contributed by atoms with Crippen LogP contribution in [0.4, 0.5) is 5.69 Å². The largest absolute Gasteiger partial charge is 0.485 e. The number of thiazole rings is 1. The number of amides is 1. The van der Waals surface area contributed by atoms with E-state index in [2.05, 4.69) is 10.3 Å². The smallest absolute Gasteiger partial charge is 0.275 e. The second kappa shape index (κ2) is 6.33. The van der Waals surface area contributed by atoms with Gasteiger partial charge in [0.05, 0.1) is 0 Å². The Morgan fingerprint density at radius 2 is 1.83 bits per heavy atom. The number of nitrogens with zero attached hydrogens (tertiary/aromatic N) is 1. The number of aromatic nitrogens is 1. The summed E-state index contributed by atoms with van der Waals surface area (Å²) in [4.78, 5) is 16.7. The molecule has 0 bridgehead atoms. The van der Waals surface area contributed by atoms with Crippen molar-refractivity contribution in [3.05, 3.63) is 70.7 Å². The van der Waals surface area contributed by atoms with Crippen molar-refractivity contribution in [1.29, 1.82) is 0 Å². The molecule has 0 saturated heterocycles. The van der Waals surface area contributed by atoms with Crippen LogP contribution >= 0.6 is 11.3 Å². The van der Waals surface area contributed by atoms with Crippen molar-refractivity contribution in [2.45, 2.75) is 6.10 Å². The van der Waals surface area contributed by atoms with Crippen LogP contribution in [0, 0.1) is 0 Å². The number of para-hydroxylation sites is 3. The van der Waals surface area contributed by atoms with E-state index in [1.807, 2.05) is 54.6 Å². The van der Waals surface area contributed by atoms with Gasteiger partial charge in [-0.1, -0.05) is 30.3 Å². The van der Waals surface area contributed by atoms with Crippen LogP contribution in [0.15, 0.2) is 60.0 Å². The quantitative estimate of drug-likeness (QED) is 0.786. The number of hydrogen-bond donors (Lipinski definition) is 1. The summed E-state index contributed by atoms with van der Waals surface area (Å²) in [6, 6.07) is 16.8. The van der Waals surface area contributed by atoms with Crippen molar-refractivity contribution >= 4 is 22.9 Å². The summed E-state index contributed by atoms with van der Waals surface area (Å²) in [7, 11) is 0. The Balaban J connectivity index is 1.48. The van der Waals surface area contributed by atoms with Crippen LogP contribution in [0.1, 0.15) is 21.6 Å². The van der Waals surface area contributed by atoms with Crippen molar-refractivity contribution in [3.8, 4) is 11.5 Å². The number of ether oxygens (including phenoxy) is 2. The van der Waals surface area contributed by atoms with Gasteiger partial charge < -0.3 is 14.8 Å². The highest BCUT2D eigenvalue weighted by atomic mass is 32.1. The molecule has 1 aliphatic heterocycles. The molecule has 2 heterocycles. The molecule has 0 fully saturated rings. The number of hydrogen-bond acceptors (Lipinski definition) is 5. The van der Waals surface area contributed by atoms with E-state index in [9.17, 15) is 4.79 Å². The van der Waals surface area contributed by atoms with E-state index in [4.69, 9.17) is 9.47 Å². The maximum atomic E-state index is 12.3. The van der Waals surface area contributed by atoms with Gasteiger partial charge in [-0.15, -0.1) is 11.3 Å². The van der Waals surface area contributed by atoms with Crippen molar-refractivity contribution in [2.24, 2.45) is 0 Å². The van der Waals surface area contributed by atoms with Gasteiger partial charge in [-0.05, 0) is 24.3 Å². The van der Waals surface area contributed by atoms with Crippen LogP contribution in [0.3, 0.4) is 0 Å². The zero-order valence-electron chi connectivity index (χ0n) is 12.6. The third-order valence-electron chi connectivity index (χ3n) is 3.57. The van der Waals surface area contributed by atoms with Gasteiger partial charge >= 0.3 is 0 Å². The predicted octanol–water partition coefficient (Wildman–Crippen LogP) is 3.91. The Morgan fingerprint density at radius 3 is 2.67 bits per heavy atom. The van der Waals surface area contributed by atoms with Crippen LogP contribution < -0.4 is 14.8 Å². The minimum atomic E-state index is -0.303. The SMILES string of the molecule is O=C(Nc1ccccc1)c1csc(C2COc3ccccc3O2)n1. The van der Waals surface area contributed by atoms with Crippen molar-refractivity contribution in [2.75, 3.05) is 11.9 Å². The molecular formula is C18H14N2O3S. The predicted molar refractivity (Wildman–Crippen MR) is 91.8 cm³/mol. The van der Waals surface area contributed by atoms with Gasteiger partial charge in [0.15, 0.2) is 17.6 Å². The van der Waals surface area contributed by atoms with Crippen molar-refractivity contribution < 1.29 is 14.3 Å². The Hall–Kier alpha value is -2.86. The van der Waals surface area contributed by atoms with Gasteiger partial charge in [-0.2, -0.15) is 0 Å². The molecule has 0 radical (unpaired) electrons. The van der Waals surface area contributed by atoms with Crippen LogP contribution in [0.2, 0.25) is 0 Å². The standard InChI is InChI=1S/C18H14N2O3S/c21-17(19-12-6-2-1-3-7-12)13-11-24-18(20-13)16-10-22-14-8-4-5-9-15(14)23-16/h1-9,11,16H,10H2,(H,19,21). The van der Waals surface area contributed by atoms with E-state index >= 15 is 0 Å². The number of anilines is 1. The molecule has 0 saturated carbocycles. The molecule has 1 N–H and O–H groups in total. The molecule has 4 rings (SSSR count). The Bertz CT molecular complexity index is 863. The Morgan fingerprint density at radius 1 is 1.08 bits per heavy atom. The molecule has 1 amide bonds. The molecule has 1 aliphatic rings. The number of benzene rings is 2. The molecule has 5 nitrogen and oxygen atoms in total. The van der Waals surface area contributed by atoms with Crippen LogP contribution in [0.25, 0.3) is 0 Å². The minimum Gasteiger partial charge on any atom is -0.485 e. The summed E-state index contributed by atoms with van der Waals surface area (Å²) in [6.45, 7) is 0.379. The van der Waals surface area contributed by atoms with E-state index in [1.165, 1.54) is 11.3 Å². The molecule has 24 heavy (non-hydrogen) atoms. The summed E-state index contributed by atoms with van der Waals surface area (Å²) < 4.78 is 11.6. The molecule has 1 atom stereocenters. The first-order chi connectivity index (χ1) is 11.8.